The predicted octanol–water partition coefficient (Wildman–Crippen LogP) is 3.63. The molecular weight excluding hydrogens is 376 g/mol. The molecule has 0 atom stereocenters. The van der Waals surface area contributed by atoms with Crippen LogP contribution in [-0.4, -0.2) is 37.5 Å². The van der Waals surface area contributed by atoms with Crippen LogP contribution in [-0.2, 0) is 5.75 Å². The maximum Gasteiger partial charge on any atom is 0.257 e. The van der Waals surface area contributed by atoms with Crippen LogP contribution in [0.1, 0.15) is 17.0 Å². The second kappa shape index (κ2) is 7.81. The molecule has 0 N–H and O–H groups in total. The number of tetrazole rings is 1. The molecule has 4 rings (SSSR count). The molecule has 0 aliphatic heterocycles. The zero-order valence-electron chi connectivity index (χ0n) is 15.7. The van der Waals surface area contributed by atoms with Crippen LogP contribution in [0.2, 0.25) is 0 Å². The Morgan fingerprint density at radius 3 is 2.54 bits per heavy atom. The summed E-state index contributed by atoms with van der Waals surface area (Å²) < 4.78 is 12.3. The van der Waals surface area contributed by atoms with E-state index in [1.165, 1.54) is 11.8 Å². The van der Waals surface area contributed by atoms with Gasteiger partial charge >= 0.3 is 0 Å². The molecule has 8 nitrogen and oxygen atoms in total. The van der Waals surface area contributed by atoms with E-state index in [1.807, 2.05) is 56.3 Å². The molecule has 2 aromatic heterocycles. The highest BCUT2D eigenvalue weighted by Crippen LogP contribution is 2.26. The van der Waals surface area contributed by atoms with Crippen LogP contribution in [0.4, 0.5) is 0 Å². The summed E-state index contributed by atoms with van der Waals surface area (Å²) in [5, 5.41) is 16.8. The second-order valence-corrected chi connectivity index (χ2v) is 7.09. The summed E-state index contributed by atoms with van der Waals surface area (Å²) in [6.45, 7) is 4.08. The van der Waals surface area contributed by atoms with Crippen LogP contribution < -0.4 is 4.74 Å². The largest absolute Gasteiger partial charge is 0.497 e. The SMILES string of the molecule is COc1ccc(-c2nc(CSc3nnnn3-c3c(C)cccc3C)no2)cc1. The van der Waals surface area contributed by atoms with Crippen molar-refractivity contribution in [3.63, 3.8) is 0 Å². The van der Waals surface area contributed by atoms with E-state index in [0.717, 1.165) is 28.1 Å². The number of hydrogen-bond donors (Lipinski definition) is 0. The van der Waals surface area contributed by atoms with E-state index >= 15 is 0 Å². The highest BCUT2D eigenvalue weighted by atomic mass is 32.2. The Labute approximate surface area is 165 Å². The molecule has 0 saturated heterocycles. The molecule has 0 amide bonds. The second-order valence-electron chi connectivity index (χ2n) is 6.15. The lowest BCUT2D eigenvalue weighted by atomic mass is 10.1. The predicted molar refractivity (Wildman–Crippen MR) is 104 cm³/mol. The van der Waals surface area contributed by atoms with Gasteiger partial charge in [0.2, 0.25) is 5.16 Å². The van der Waals surface area contributed by atoms with Crippen molar-refractivity contribution >= 4 is 11.8 Å². The maximum atomic E-state index is 5.37. The van der Waals surface area contributed by atoms with Gasteiger partial charge in [-0.05, 0) is 59.7 Å². The summed E-state index contributed by atoms with van der Waals surface area (Å²) >= 11 is 1.46. The van der Waals surface area contributed by atoms with E-state index in [0.29, 0.717) is 22.6 Å². The first-order chi connectivity index (χ1) is 13.7. The summed E-state index contributed by atoms with van der Waals surface area (Å²) in [5.74, 6) is 2.31. The molecule has 0 spiro atoms. The summed E-state index contributed by atoms with van der Waals surface area (Å²) in [6.07, 6.45) is 0. The molecule has 0 aliphatic rings. The molecule has 0 radical (unpaired) electrons. The van der Waals surface area contributed by atoms with Gasteiger partial charge in [0.1, 0.15) is 5.75 Å². The first-order valence-electron chi connectivity index (χ1n) is 8.60. The van der Waals surface area contributed by atoms with Crippen molar-refractivity contribution in [2.45, 2.75) is 24.8 Å². The van der Waals surface area contributed by atoms with Gasteiger partial charge in [-0.15, -0.1) is 5.10 Å². The van der Waals surface area contributed by atoms with Crippen LogP contribution in [0.25, 0.3) is 17.1 Å². The molecule has 9 heteroatoms. The van der Waals surface area contributed by atoms with E-state index in [2.05, 4.69) is 25.7 Å². The van der Waals surface area contributed by atoms with E-state index in [9.17, 15) is 0 Å². The van der Waals surface area contributed by atoms with Gasteiger partial charge < -0.3 is 9.26 Å². The Bertz CT molecular complexity index is 1070. The fourth-order valence-electron chi connectivity index (χ4n) is 2.84. The summed E-state index contributed by atoms with van der Waals surface area (Å²) in [7, 11) is 1.63. The number of aryl methyl sites for hydroxylation is 2. The van der Waals surface area contributed by atoms with Crippen molar-refractivity contribution < 1.29 is 9.26 Å². The number of benzene rings is 2. The Morgan fingerprint density at radius 1 is 1.07 bits per heavy atom. The molecule has 142 valence electrons. The van der Waals surface area contributed by atoms with Crippen LogP contribution in [0.15, 0.2) is 52.1 Å². The zero-order valence-corrected chi connectivity index (χ0v) is 16.5. The van der Waals surface area contributed by atoms with Gasteiger partial charge in [-0.1, -0.05) is 35.1 Å². The number of thioether (sulfide) groups is 1. The van der Waals surface area contributed by atoms with Gasteiger partial charge in [-0.3, -0.25) is 0 Å². The molecule has 2 aromatic carbocycles. The molecule has 0 unspecified atom stereocenters. The number of aromatic nitrogens is 6. The Balaban J connectivity index is 1.51. The highest BCUT2D eigenvalue weighted by Gasteiger charge is 2.15. The smallest absolute Gasteiger partial charge is 0.257 e. The van der Waals surface area contributed by atoms with Crippen molar-refractivity contribution in [3.8, 4) is 22.9 Å². The van der Waals surface area contributed by atoms with Crippen molar-refractivity contribution in [2.24, 2.45) is 0 Å². The number of rotatable bonds is 6. The lowest BCUT2D eigenvalue weighted by molar-refractivity contribution is 0.414. The Morgan fingerprint density at radius 2 is 1.82 bits per heavy atom. The quantitative estimate of drug-likeness (QED) is 0.458. The van der Waals surface area contributed by atoms with Crippen LogP contribution >= 0.6 is 11.8 Å². The van der Waals surface area contributed by atoms with Crippen molar-refractivity contribution in [1.82, 2.24) is 30.3 Å². The van der Waals surface area contributed by atoms with E-state index in [1.54, 1.807) is 11.8 Å². The minimum atomic E-state index is 0.465. The standard InChI is InChI=1S/C19H18N6O2S/c1-12-5-4-6-13(2)17(12)25-19(21-23-24-25)28-11-16-20-18(27-22-16)14-7-9-15(26-3)10-8-14/h4-10H,11H2,1-3H3. The lowest BCUT2D eigenvalue weighted by Gasteiger charge is -2.09. The third-order valence-corrected chi connectivity index (χ3v) is 5.14. The number of methoxy groups -OCH3 is 1. The van der Waals surface area contributed by atoms with Crippen LogP contribution in [0.3, 0.4) is 0 Å². The van der Waals surface area contributed by atoms with Crippen molar-refractivity contribution in [2.75, 3.05) is 7.11 Å². The molecule has 0 saturated carbocycles. The molecule has 2 heterocycles. The van der Waals surface area contributed by atoms with E-state index in [-0.39, 0.29) is 0 Å². The van der Waals surface area contributed by atoms with Gasteiger partial charge in [0.05, 0.1) is 18.6 Å². The molecule has 0 bridgehead atoms. The topological polar surface area (TPSA) is 91.8 Å². The average Bonchev–Trinajstić information content (AvgIpc) is 3.36. The minimum absolute atomic E-state index is 0.465. The van der Waals surface area contributed by atoms with Crippen molar-refractivity contribution in [3.05, 3.63) is 59.4 Å². The average molecular weight is 394 g/mol. The maximum absolute atomic E-state index is 5.37. The number of para-hydroxylation sites is 1. The minimum Gasteiger partial charge on any atom is -0.497 e. The van der Waals surface area contributed by atoms with E-state index in [4.69, 9.17) is 9.26 Å². The summed E-state index contributed by atoms with van der Waals surface area (Å²) in [4.78, 5) is 4.46. The van der Waals surface area contributed by atoms with Gasteiger partial charge in [-0.2, -0.15) is 9.67 Å². The zero-order chi connectivity index (χ0) is 19.5. The summed E-state index contributed by atoms with van der Waals surface area (Å²) in [6, 6.07) is 13.6. The van der Waals surface area contributed by atoms with Gasteiger partial charge in [-0.25, -0.2) is 0 Å². The highest BCUT2D eigenvalue weighted by molar-refractivity contribution is 7.98. The number of ether oxygens (including phenoxy) is 1. The van der Waals surface area contributed by atoms with Gasteiger partial charge in [0, 0.05) is 5.56 Å². The van der Waals surface area contributed by atoms with Crippen LogP contribution in [0, 0.1) is 13.8 Å². The normalized spacial score (nSPS) is 11.0. The lowest BCUT2D eigenvalue weighted by Crippen LogP contribution is -2.04. The molecule has 0 aliphatic carbocycles. The van der Waals surface area contributed by atoms with Gasteiger partial charge in [0.25, 0.3) is 5.89 Å². The molecule has 0 fully saturated rings. The van der Waals surface area contributed by atoms with Crippen LogP contribution in [0.5, 0.6) is 5.75 Å². The van der Waals surface area contributed by atoms with Gasteiger partial charge in [0.15, 0.2) is 5.82 Å². The number of nitrogens with zero attached hydrogens (tertiary/aromatic N) is 6. The fraction of sp³-hybridized carbons (Fsp3) is 0.211. The third-order valence-electron chi connectivity index (χ3n) is 4.23. The van der Waals surface area contributed by atoms with Crippen molar-refractivity contribution in [1.29, 1.82) is 0 Å². The summed E-state index contributed by atoms with van der Waals surface area (Å²) in [5.41, 5.74) is 4.04. The molecular formula is C19H18N6O2S. The molecule has 28 heavy (non-hydrogen) atoms. The Hall–Kier alpha value is -3.20. The first kappa shape index (κ1) is 18.2. The Kier molecular flexibility index (Phi) is 5.07. The fourth-order valence-corrected chi connectivity index (χ4v) is 3.56. The van der Waals surface area contributed by atoms with E-state index < -0.39 is 0 Å². The number of hydrogen-bond acceptors (Lipinski definition) is 8. The first-order valence-corrected chi connectivity index (χ1v) is 9.59. The monoisotopic (exact) mass is 394 g/mol. The molecule has 4 aromatic rings. The third kappa shape index (κ3) is 3.61.